The summed E-state index contributed by atoms with van der Waals surface area (Å²) in [7, 11) is 0. The van der Waals surface area contributed by atoms with Crippen molar-refractivity contribution in [1.82, 2.24) is 20.9 Å². The van der Waals surface area contributed by atoms with E-state index in [0.29, 0.717) is 32.2 Å². The van der Waals surface area contributed by atoms with Crippen molar-refractivity contribution in [3.8, 4) is 0 Å². The molecule has 12 N–H and O–H groups in total. The zero-order chi connectivity index (χ0) is 35.1. The van der Waals surface area contributed by atoms with Crippen LogP contribution in [0.15, 0.2) is 35.3 Å². The van der Waals surface area contributed by atoms with Crippen molar-refractivity contribution in [2.24, 2.45) is 33.8 Å². The first-order valence-corrected chi connectivity index (χ1v) is 15.4. The number of rotatable bonds is 19. The van der Waals surface area contributed by atoms with Crippen LogP contribution in [0.4, 0.5) is 0 Å². The van der Waals surface area contributed by atoms with Crippen molar-refractivity contribution in [2.75, 3.05) is 26.2 Å². The van der Waals surface area contributed by atoms with E-state index < -0.39 is 77.2 Å². The number of aliphatic carboxylic acids is 1. The largest absolute Gasteiger partial charge is 0.480 e. The average Bonchev–Trinajstić information content (AvgIpc) is 3.53. The van der Waals surface area contributed by atoms with Gasteiger partial charge in [-0.3, -0.25) is 34.3 Å². The lowest BCUT2D eigenvalue weighted by Crippen LogP contribution is -2.60. The summed E-state index contributed by atoms with van der Waals surface area (Å²) in [6.45, 7) is 1.01. The SMILES string of the molecule is C[C@H](NC(=O)[C@@H]1CCCN1C(=O)[C@@H](NC(=O)CN)C(CCN=C(N)N)[N+](=O)[O-])C(=O)N[C@H](C(=O)O)C(CCCN)Cc1ccccc1. The molecule has 1 fully saturated rings. The third-order valence-corrected chi connectivity index (χ3v) is 7.89. The minimum atomic E-state index is -1.68. The van der Waals surface area contributed by atoms with E-state index in [4.69, 9.17) is 22.9 Å². The predicted octanol–water partition coefficient (Wildman–Crippen LogP) is -2.60. The van der Waals surface area contributed by atoms with Gasteiger partial charge in [-0.05, 0) is 57.1 Å². The second-order valence-electron chi connectivity index (χ2n) is 11.3. The lowest BCUT2D eigenvalue weighted by atomic mass is 9.88. The summed E-state index contributed by atoms with van der Waals surface area (Å²) in [6, 6.07) is 2.29. The van der Waals surface area contributed by atoms with E-state index in [2.05, 4.69) is 20.9 Å². The summed E-state index contributed by atoms with van der Waals surface area (Å²) in [5, 5.41) is 29.3. The van der Waals surface area contributed by atoms with Gasteiger partial charge in [0.25, 0.3) is 5.91 Å². The van der Waals surface area contributed by atoms with Crippen LogP contribution in [0.25, 0.3) is 0 Å². The number of carboxylic acids is 1. The Morgan fingerprint density at radius 2 is 1.74 bits per heavy atom. The molecule has 1 aliphatic heterocycles. The number of benzene rings is 1. The molecule has 0 radical (unpaired) electrons. The molecule has 1 aliphatic rings. The highest BCUT2D eigenvalue weighted by atomic mass is 16.6. The minimum absolute atomic E-state index is 0.0498. The Kier molecular flexibility index (Phi) is 15.5. The summed E-state index contributed by atoms with van der Waals surface area (Å²) in [5.74, 6) is -5.24. The maximum atomic E-state index is 13.7. The normalized spacial score (nSPS) is 17.3. The Hall–Kier alpha value is -4.84. The monoisotopic (exact) mass is 662 g/mol. The Bertz CT molecular complexity index is 1280. The molecule has 1 heterocycles. The first kappa shape index (κ1) is 38.3. The van der Waals surface area contributed by atoms with Crippen LogP contribution in [0.5, 0.6) is 0 Å². The van der Waals surface area contributed by atoms with Gasteiger partial charge in [-0.2, -0.15) is 0 Å². The first-order chi connectivity index (χ1) is 22.3. The molecule has 260 valence electrons. The van der Waals surface area contributed by atoms with Crippen LogP contribution in [0.2, 0.25) is 0 Å². The number of hydrogen-bond donors (Lipinski definition) is 8. The molecule has 0 bridgehead atoms. The molecule has 18 heteroatoms. The molecule has 4 amide bonds. The van der Waals surface area contributed by atoms with Gasteiger partial charge in [0.15, 0.2) is 12.0 Å². The van der Waals surface area contributed by atoms with Gasteiger partial charge >= 0.3 is 5.97 Å². The zero-order valence-corrected chi connectivity index (χ0v) is 26.4. The highest BCUT2D eigenvalue weighted by Gasteiger charge is 2.45. The summed E-state index contributed by atoms with van der Waals surface area (Å²) >= 11 is 0. The molecule has 1 aromatic rings. The number of hydrogen-bond acceptors (Lipinski definition) is 10. The molecular weight excluding hydrogens is 616 g/mol. The van der Waals surface area contributed by atoms with Crippen molar-refractivity contribution in [3.63, 3.8) is 0 Å². The van der Waals surface area contributed by atoms with E-state index in [1.807, 2.05) is 30.3 Å². The van der Waals surface area contributed by atoms with Crippen LogP contribution < -0.4 is 38.9 Å². The van der Waals surface area contributed by atoms with Crippen molar-refractivity contribution < 1.29 is 34.0 Å². The van der Waals surface area contributed by atoms with Gasteiger partial charge in [0.05, 0.1) is 6.54 Å². The second-order valence-corrected chi connectivity index (χ2v) is 11.3. The summed E-state index contributed by atoms with van der Waals surface area (Å²) in [4.78, 5) is 80.7. The molecule has 0 aliphatic carbocycles. The zero-order valence-electron chi connectivity index (χ0n) is 26.4. The van der Waals surface area contributed by atoms with E-state index in [9.17, 15) is 39.2 Å². The number of likely N-dealkylation sites (tertiary alicyclic amines) is 1. The summed E-state index contributed by atoms with van der Waals surface area (Å²) in [6.07, 6.45) is 1.57. The van der Waals surface area contributed by atoms with Gasteiger partial charge < -0.3 is 48.9 Å². The number of nitrogens with zero attached hydrogens (tertiary/aromatic N) is 3. The van der Waals surface area contributed by atoms with Crippen LogP contribution in [0.3, 0.4) is 0 Å². The number of nitro groups is 1. The Morgan fingerprint density at radius 3 is 2.32 bits per heavy atom. The van der Waals surface area contributed by atoms with Crippen molar-refractivity contribution >= 4 is 35.6 Å². The Labute approximate surface area is 272 Å². The number of guanidine groups is 1. The molecule has 2 rings (SSSR count). The molecule has 47 heavy (non-hydrogen) atoms. The van der Waals surface area contributed by atoms with Gasteiger partial charge in [-0.15, -0.1) is 0 Å². The number of carbonyl (C=O) groups excluding carboxylic acids is 4. The highest BCUT2D eigenvalue weighted by Crippen LogP contribution is 2.22. The number of aliphatic imine (C=N–C) groups is 1. The van der Waals surface area contributed by atoms with E-state index in [0.717, 1.165) is 10.5 Å². The molecule has 0 saturated carbocycles. The van der Waals surface area contributed by atoms with Crippen LogP contribution in [0.1, 0.15) is 44.6 Å². The fraction of sp³-hybridized carbons (Fsp3) is 0.586. The number of nitrogens with two attached hydrogens (primary N) is 4. The maximum absolute atomic E-state index is 13.7. The van der Waals surface area contributed by atoms with Crippen LogP contribution in [0, 0.1) is 16.0 Å². The number of amides is 4. The van der Waals surface area contributed by atoms with Crippen molar-refractivity contribution in [2.45, 2.75) is 75.7 Å². The Balaban J connectivity index is 2.19. The molecule has 1 saturated heterocycles. The van der Waals surface area contributed by atoms with E-state index in [-0.39, 0.29) is 31.9 Å². The van der Waals surface area contributed by atoms with Gasteiger partial charge in [0.1, 0.15) is 18.1 Å². The molecule has 2 unspecified atom stereocenters. The smallest absolute Gasteiger partial charge is 0.326 e. The fourth-order valence-corrected chi connectivity index (χ4v) is 5.47. The molecule has 0 aromatic heterocycles. The van der Waals surface area contributed by atoms with Gasteiger partial charge in [-0.25, -0.2) is 4.79 Å². The van der Waals surface area contributed by atoms with Crippen molar-refractivity contribution in [3.05, 3.63) is 46.0 Å². The molecule has 0 spiro atoms. The summed E-state index contributed by atoms with van der Waals surface area (Å²) < 4.78 is 0. The van der Waals surface area contributed by atoms with Crippen molar-refractivity contribution in [1.29, 1.82) is 0 Å². The van der Waals surface area contributed by atoms with Gasteiger partial charge in [0, 0.05) is 24.4 Å². The van der Waals surface area contributed by atoms with Gasteiger partial charge in [-0.1, -0.05) is 30.3 Å². The number of nitrogens with one attached hydrogen (secondary N) is 3. The predicted molar refractivity (Wildman–Crippen MR) is 171 cm³/mol. The summed E-state index contributed by atoms with van der Waals surface area (Å²) in [5.41, 5.74) is 22.5. The lowest BCUT2D eigenvalue weighted by Gasteiger charge is -2.30. The molecular formula is C29H46N10O8. The molecule has 1 aromatic carbocycles. The molecule has 18 nitrogen and oxygen atoms in total. The standard InChI is InChI=1S/C29H46N10O8/c1-17(25(41)37-23(28(44)45)19(9-5-12-30)15-18-7-3-2-4-8-18)35-26(42)21-10-6-14-38(21)27(43)24(36-22(40)16-31)20(39(46)47)11-13-34-29(32)33/h2-4,7-8,17,19-21,23-24H,5-6,9-16,30-31H2,1H3,(H,35,42)(H,36,40)(H,37,41)(H,44,45)(H4,32,33,34)/t17-,19?,20?,21-,23-,24-/m0/s1. The number of carboxylic acid groups (broad SMARTS) is 1. The van der Waals surface area contributed by atoms with Gasteiger partial charge in [0.2, 0.25) is 23.8 Å². The first-order valence-electron chi connectivity index (χ1n) is 15.4. The average molecular weight is 663 g/mol. The highest BCUT2D eigenvalue weighted by molar-refractivity contribution is 5.95. The third kappa shape index (κ3) is 11.8. The fourth-order valence-electron chi connectivity index (χ4n) is 5.47. The quantitative estimate of drug-likeness (QED) is 0.0327. The van der Waals surface area contributed by atoms with E-state index in [1.165, 1.54) is 6.92 Å². The van der Waals surface area contributed by atoms with Crippen LogP contribution >= 0.6 is 0 Å². The second kappa shape index (κ2) is 19.0. The minimum Gasteiger partial charge on any atom is -0.480 e. The van der Waals surface area contributed by atoms with Crippen LogP contribution in [-0.2, 0) is 30.4 Å². The lowest BCUT2D eigenvalue weighted by molar-refractivity contribution is -0.525. The number of carbonyl (C=O) groups is 5. The molecule has 6 atom stereocenters. The van der Waals surface area contributed by atoms with E-state index >= 15 is 0 Å². The Morgan fingerprint density at radius 1 is 1.06 bits per heavy atom. The maximum Gasteiger partial charge on any atom is 0.326 e. The third-order valence-electron chi connectivity index (χ3n) is 7.89. The topological polar surface area (TPSA) is 304 Å². The van der Waals surface area contributed by atoms with Crippen LogP contribution in [-0.4, -0.2) is 107 Å². The van der Waals surface area contributed by atoms with E-state index in [1.54, 1.807) is 0 Å².